The molecule has 1 aromatic rings. The Morgan fingerprint density at radius 2 is 1.85 bits per heavy atom. The van der Waals surface area contributed by atoms with Gasteiger partial charge >= 0.3 is 0 Å². The number of aryl methyl sites for hydroxylation is 1. The van der Waals surface area contributed by atoms with Gasteiger partial charge in [0.25, 0.3) is 0 Å². The van der Waals surface area contributed by atoms with E-state index in [2.05, 4.69) is 31.2 Å². The topological polar surface area (TPSA) is 44.5 Å². The fourth-order valence-corrected chi connectivity index (χ4v) is 3.52. The summed E-state index contributed by atoms with van der Waals surface area (Å²) in [6, 6.07) is 8.77. The van der Waals surface area contributed by atoms with Gasteiger partial charge in [-0.15, -0.1) is 0 Å². The molecule has 2 heterocycles. The smallest absolute Gasteiger partial charge is 0.0729 e. The lowest BCUT2D eigenvalue weighted by molar-refractivity contribution is -0.149. The van der Waals surface area contributed by atoms with Crippen LogP contribution in [0.15, 0.2) is 24.3 Å². The van der Waals surface area contributed by atoms with Gasteiger partial charge in [0.05, 0.1) is 5.60 Å². The fourth-order valence-electron chi connectivity index (χ4n) is 3.52. The molecule has 0 aromatic heterocycles. The molecule has 0 aliphatic carbocycles. The average Bonchev–Trinajstić information content (AvgIpc) is 2.48. The Kier molecular flexibility index (Phi) is 4.11. The number of hydrogen-bond acceptors (Lipinski definition) is 3. The summed E-state index contributed by atoms with van der Waals surface area (Å²) < 4.78 is 11.6. The molecule has 2 N–H and O–H groups in total. The molecule has 2 aliphatic heterocycles. The Bertz CT molecular complexity index is 431. The first-order valence-electron chi connectivity index (χ1n) is 7.72. The van der Waals surface area contributed by atoms with Crippen LogP contribution in [-0.2, 0) is 9.47 Å². The third-order valence-electron chi connectivity index (χ3n) is 4.91. The van der Waals surface area contributed by atoms with Gasteiger partial charge in [-0.3, -0.25) is 0 Å². The standard InChI is InChI=1S/C17H25NO2/c1-13-2-4-14(5-3-13)16(18)15-6-9-20-17(12-15)7-10-19-11-8-17/h2-5,15-16H,6-12,18H2,1H3. The van der Waals surface area contributed by atoms with Crippen LogP contribution in [0.25, 0.3) is 0 Å². The Balaban J connectivity index is 1.71. The highest BCUT2D eigenvalue weighted by Crippen LogP contribution is 2.41. The minimum atomic E-state index is 0.0312. The first-order chi connectivity index (χ1) is 9.69. The average molecular weight is 275 g/mol. The zero-order chi connectivity index (χ0) is 14.0. The van der Waals surface area contributed by atoms with Crippen molar-refractivity contribution in [3.8, 4) is 0 Å². The van der Waals surface area contributed by atoms with E-state index in [0.717, 1.165) is 45.5 Å². The lowest BCUT2D eigenvalue weighted by Crippen LogP contribution is -2.46. The van der Waals surface area contributed by atoms with E-state index in [1.807, 2.05) is 0 Å². The molecule has 2 atom stereocenters. The zero-order valence-corrected chi connectivity index (χ0v) is 12.3. The number of nitrogens with two attached hydrogens (primary N) is 1. The number of ether oxygens (including phenoxy) is 2. The van der Waals surface area contributed by atoms with Crippen LogP contribution in [-0.4, -0.2) is 25.4 Å². The summed E-state index contributed by atoms with van der Waals surface area (Å²) in [6.07, 6.45) is 4.18. The minimum Gasteiger partial charge on any atom is -0.381 e. The van der Waals surface area contributed by atoms with Gasteiger partial charge in [-0.25, -0.2) is 0 Å². The van der Waals surface area contributed by atoms with Crippen LogP contribution in [0.4, 0.5) is 0 Å². The van der Waals surface area contributed by atoms with Crippen LogP contribution in [0.2, 0.25) is 0 Å². The summed E-state index contributed by atoms with van der Waals surface area (Å²) in [5.74, 6) is 0.518. The lowest BCUT2D eigenvalue weighted by Gasteiger charge is -2.44. The molecule has 0 amide bonds. The second-order valence-corrected chi connectivity index (χ2v) is 6.33. The van der Waals surface area contributed by atoms with Crippen molar-refractivity contribution in [1.82, 2.24) is 0 Å². The van der Waals surface area contributed by atoms with Crippen molar-refractivity contribution in [3.63, 3.8) is 0 Å². The Hall–Kier alpha value is -0.900. The highest BCUT2D eigenvalue weighted by Gasteiger charge is 2.40. The molecule has 110 valence electrons. The van der Waals surface area contributed by atoms with Crippen molar-refractivity contribution < 1.29 is 9.47 Å². The van der Waals surface area contributed by atoms with Crippen LogP contribution < -0.4 is 5.73 Å². The van der Waals surface area contributed by atoms with E-state index in [0.29, 0.717) is 5.92 Å². The van der Waals surface area contributed by atoms with Crippen LogP contribution >= 0.6 is 0 Å². The maximum absolute atomic E-state index is 6.52. The second kappa shape index (κ2) is 5.84. The molecule has 2 unspecified atom stereocenters. The van der Waals surface area contributed by atoms with Gasteiger partial charge in [0.1, 0.15) is 0 Å². The van der Waals surface area contributed by atoms with Gasteiger partial charge in [0.15, 0.2) is 0 Å². The molecule has 2 fully saturated rings. The third kappa shape index (κ3) is 2.90. The highest BCUT2D eigenvalue weighted by molar-refractivity contribution is 5.24. The molecule has 3 nitrogen and oxygen atoms in total. The fraction of sp³-hybridized carbons (Fsp3) is 0.647. The van der Waals surface area contributed by atoms with E-state index in [-0.39, 0.29) is 11.6 Å². The van der Waals surface area contributed by atoms with Gasteiger partial charge < -0.3 is 15.2 Å². The molecule has 3 heteroatoms. The van der Waals surface area contributed by atoms with Crippen LogP contribution in [0.5, 0.6) is 0 Å². The van der Waals surface area contributed by atoms with Crippen molar-refractivity contribution in [3.05, 3.63) is 35.4 Å². The summed E-state index contributed by atoms with van der Waals surface area (Å²) in [4.78, 5) is 0. The predicted molar refractivity (Wildman–Crippen MR) is 79.6 cm³/mol. The van der Waals surface area contributed by atoms with E-state index in [1.54, 1.807) is 0 Å². The van der Waals surface area contributed by atoms with Crippen LogP contribution in [0.3, 0.4) is 0 Å². The van der Waals surface area contributed by atoms with Gasteiger partial charge in [0.2, 0.25) is 0 Å². The molecule has 2 saturated heterocycles. The van der Waals surface area contributed by atoms with E-state index in [1.165, 1.54) is 11.1 Å². The maximum atomic E-state index is 6.52. The van der Waals surface area contributed by atoms with Crippen molar-refractivity contribution in [1.29, 1.82) is 0 Å². The molecule has 20 heavy (non-hydrogen) atoms. The Morgan fingerprint density at radius 1 is 1.15 bits per heavy atom. The van der Waals surface area contributed by atoms with Crippen LogP contribution in [0, 0.1) is 12.8 Å². The summed E-state index contributed by atoms with van der Waals surface area (Å²) in [6.45, 7) is 4.60. The quantitative estimate of drug-likeness (QED) is 0.902. The predicted octanol–water partition coefficient (Wildman–Crippen LogP) is 2.97. The summed E-state index contributed by atoms with van der Waals surface area (Å²) in [5, 5.41) is 0. The number of rotatable bonds is 2. The molecule has 2 aliphatic rings. The number of hydrogen-bond donors (Lipinski definition) is 1. The van der Waals surface area contributed by atoms with Gasteiger partial charge in [0, 0.05) is 25.9 Å². The largest absolute Gasteiger partial charge is 0.381 e. The molecule has 1 spiro atoms. The molecule has 0 bridgehead atoms. The monoisotopic (exact) mass is 275 g/mol. The van der Waals surface area contributed by atoms with Crippen molar-refractivity contribution in [2.24, 2.45) is 11.7 Å². The minimum absolute atomic E-state index is 0.0312. The van der Waals surface area contributed by atoms with Gasteiger partial charge in [-0.1, -0.05) is 29.8 Å². The third-order valence-corrected chi connectivity index (χ3v) is 4.91. The van der Waals surface area contributed by atoms with Gasteiger partial charge in [-0.2, -0.15) is 0 Å². The molecule has 0 saturated carbocycles. The van der Waals surface area contributed by atoms with Crippen molar-refractivity contribution in [2.45, 2.75) is 44.2 Å². The molecule has 0 radical (unpaired) electrons. The summed E-state index contributed by atoms with van der Waals surface area (Å²) in [5.41, 5.74) is 9.09. The molecular weight excluding hydrogens is 250 g/mol. The van der Waals surface area contributed by atoms with E-state index in [4.69, 9.17) is 15.2 Å². The Labute approximate surface area is 121 Å². The summed E-state index contributed by atoms with van der Waals surface area (Å²) >= 11 is 0. The zero-order valence-electron chi connectivity index (χ0n) is 12.3. The van der Waals surface area contributed by atoms with Crippen molar-refractivity contribution >= 4 is 0 Å². The van der Waals surface area contributed by atoms with Crippen LogP contribution in [0.1, 0.15) is 42.9 Å². The summed E-state index contributed by atoms with van der Waals surface area (Å²) in [7, 11) is 0. The number of benzene rings is 1. The van der Waals surface area contributed by atoms with E-state index < -0.39 is 0 Å². The molecular formula is C17H25NO2. The first-order valence-corrected chi connectivity index (χ1v) is 7.72. The SMILES string of the molecule is Cc1ccc(C(N)C2CCOC3(CCOCC3)C2)cc1. The maximum Gasteiger partial charge on any atom is 0.0729 e. The van der Waals surface area contributed by atoms with E-state index >= 15 is 0 Å². The van der Waals surface area contributed by atoms with Gasteiger partial charge in [-0.05, 0) is 44.1 Å². The first kappa shape index (κ1) is 14.1. The highest BCUT2D eigenvalue weighted by atomic mass is 16.5. The second-order valence-electron chi connectivity index (χ2n) is 6.33. The normalized spacial score (nSPS) is 27.4. The molecule has 3 rings (SSSR count). The van der Waals surface area contributed by atoms with Crippen molar-refractivity contribution in [2.75, 3.05) is 19.8 Å². The Morgan fingerprint density at radius 3 is 2.55 bits per heavy atom. The van der Waals surface area contributed by atoms with E-state index in [9.17, 15) is 0 Å². The lowest BCUT2D eigenvalue weighted by atomic mass is 9.76. The molecule has 1 aromatic carbocycles.